The summed E-state index contributed by atoms with van der Waals surface area (Å²) in [6, 6.07) is 6.49. The molecule has 3 N–H and O–H groups in total. The Labute approximate surface area is 107 Å². The Kier molecular flexibility index (Phi) is 2.52. The van der Waals surface area contributed by atoms with E-state index in [-0.39, 0.29) is 5.41 Å². The van der Waals surface area contributed by atoms with Crippen LogP contribution in [0, 0.1) is 13.8 Å². The first-order chi connectivity index (χ1) is 8.64. The molecule has 3 nitrogen and oxygen atoms in total. The lowest BCUT2D eigenvalue weighted by Crippen LogP contribution is -2.21. The summed E-state index contributed by atoms with van der Waals surface area (Å²) in [7, 11) is 0. The van der Waals surface area contributed by atoms with Crippen LogP contribution in [-0.4, -0.2) is 16.5 Å². The van der Waals surface area contributed by atoms with E-state index in [9.17, 15) is 0 Å². The second kappa shape index (κ2) is 3.95. The highest BCUT2D eigenvalue weighted by molar-refractivity contribution is 5.63. The van der Waals surface area contributed by atoms with Gasteiger partial charge in [-0.3, -0.25) is 0 Å². The van der Waals surface area contributed by atoms with Crippen LogP contribution in [0.3, 0.4) is 0 Å². The first-order valence-electron chi connectivity index (χ1n) is 6.48. The number of rotatable bonds is 3. The standard InChI is InChI=1S/C15H19N3/c1-10-3-4-12(11(2)7-10)13-8-17-14(18-13)15(9-16)5-6-15/h3-4,7-8H,5-6,9,16H2,1-2H3,(H,17,18). The van der Waals surface area contributed by atoms with Crippen molar-refractivity contribution < 1.29 is 0 Å². The number of H-pyrrole nitrogens is 1. The topological polar surface area (TPSA) is 54.7 Å². The highest BCUT2D eigenvalue weighted by Gasteiger charge is 2.45. The molecule has 0 amide bonds. The van der Waals surface area contributed by atoms with Crippen LogP contribution in [0.4, 0.5) is 0 Å². The Balaban J connectivity index is 1.98. The van der Waals surface area contributed by atoms with Gasteiger partial charge in [0.05, 0.1) is 11.9 Å². The fraction of sp³-hybridized carbons (Fsp3) is 0.400. The lowest BCUT2D eigenvalue weighted by Gasteiger charge is -2.08. The number of aromatic amines is 1. The van der Waals surface area contributed by atoms with Gasteiger partial charge in [-0.25, -0.2) is 4.98 Å². The third-order valence-electron chi connectivity index (χ3n) is 3.99. The van der Waals surface area contributed by atoms with E-state index in [1.54, 1.807) is 0 Å². The van der Waals surface area contributed by atoms with E-state index in [2.05, 4.69) is 42.0 Å². The molecule has 1 aliphatic rings. The van der Waals surface area contributed by atoms with Crippen LogP contribution in [0.2, 0.25) is 0 Å². The molecule has 18 heavy (non-hydrogen) atoms. The van der Waals surface area contributed by atoms with Crippen molar-refractivity contribution in [2.24, 2.45) is 5.73 Å². The quantitative estimate of drug-likeness (QED) is 0.868. The molecule has 1 saturated carbocycles. The average molecular weight is 241 g/mol. The Morgan fingerprint density at radius 2 is 2.11 bits per heavy atom. The lowest BCUT2D eigenvalue weighted by molar-refractivity contribution is 0.659. The minimum Gasteiger partial charge on any atom is -0.341 e. The smallest absolute Gasteiger partial charge is 0.114 e. The van der Waals surface area contributed by atoms with Crippen molar-refractivity contribution in [3.8, 4) is 11.3 Å². The maximum Gasteiger partial charge on any atom is 0.114 e. The van der Waals surface area contributed by atoms with Gasteiger partial charge in [0.15, 0.2) is 0 Å². The summed E-state index contributed by atoms with van der Waals surface area (Å²) in [4.78, 5) is 7.98. The number of nitrogens with two attached hydrogens (primary N) is 1. The molecule has 1 aromatic heterocycles. The number of hydrogen-bond donors (Lipinski definition) is 2. The maximum atomic E-state index is 5.84. The highest BCUT2D eigenvalue weighted by atomic mass is 15.0. The first kappa shape index (κ1) is 11.5. The molecule has 94 valence electrons. The molecule has 2 aromatic rings. The summed E-state index contributed by atoms with van der Waals surface area (Å²) in [6.45, 7) is 4.94. The molecule has 0 bridgehead atoms. The monoisotopic (exact) mass is 241 g/mol. The van der Waals surface area contributed by atoms with Crippen LogP contribution in [0.1, 0.15) is 29.8 Å². The molecule has 0 atom stereocenters. The molecule has 3 rings (SSSR count). The molecule has 1 aromatic carbocycles. The Morgan fingerprint density at radius 3 is 2.72 bits per heavy atom. The predicted octanol–water partition coefficient (Wildman–Crippen LogP) is 2.68. The second-order valence-electron chi connectivity index (χ2n) is 5.45. The van der Waals surface area contributed by atoms with E-state index < -0.39 is 0 Å². The Hall–Kier alpha value is -1.61. The van der Waals surface area contributed by atoms with Gasteiger partial charge in [0, 0.05) is 17.5 Å². The van der Waals surface area contributed by atoms with Crippen LogP contribution in [0.15, 0.2) is 24.4 Å². The van der Waals surface area contributed by atoms with E-state index in [1.807, 2.05) is 6.20 Å². The molecule has 1 aliphatic carbocycles. The fourth-order valence-corrected chi connectivity index (χ4v) is 2.53. The van der Waals surface area contributed by atoms with Crippen LogP contribution in [0.5, 0.6) is 0 Å². The van der Waals surface area contributed by atoms with Crippen molar-refractivity contribution in [3.63, 3.8) is 0 Å². The number of imidazole rings is 1. The number of nitrogens with zero attached hydrogens (tertiary/aromatic N) is 1. The zero-order valence-electron chi connectivity index (χ0n) is 11.0. The van der Waals surface area contributed by atoms with Crippen molar-refractivity contribution in [1.82, 2.24) is 9.97 Å². The second-order valence-corrected chi connectivity index (χ2v) is 5.45. The van der Waals surface area contributed by atoms with Gasteiger partial charge in [-0.15, -0.1) is 0 Å². The molecule has 0 saturated heterocycles. The molecule has 0 spiro atoms. The third kappa shape index (κ3) is 1.75. The van der Waals surface area contributed by atoms with E-state index >= 15 is 0 Å². The summed E-state index contributed by atoms with van der Waals surface area (Å²) in [6.07, 6.45) is 4.25. The van der Waals surface area contributed by atoms with Gasteiger partial charge >= 0.3 is 0 Å². The number of aromatic nitrogens is 2. The summed E-state index contributed by atoms with van der Waals surface area (Å²) < 4.78 is 0. The van der Waals surface area contributed by atoms with E-state index in [4.69, 9.17) is 5.73 Å². The van der Waals surface area contributed by atoms with Gasteiger partial charge in [0.25, 0.3) is 0 Å². The van der Waals surface area contributed by atoms with Crippen molar-refractivity contribution >= 4 is 0 Å². The predicted molar refractivity (Wildman–Crippen MR) is 73.5 cm³/mol. The fourth-order valence-electron chi connectivity index (χ4n) is 2.53. The Morgan fingerprint density at radius 1 is 1.33 bits per heavy atom. The van der Waals surface area contributed by atoms with Gasteiger partial charge < -0.3 is 10.7 Å². The zero-order valence-corrected chi connectivity index (χ0v) is 11.0. The number of aryl methyl sites for hydroxylation is 2. The molecule has 0 aliphatic heterocycles. The minimum absolute atomic E-state index is 0.136. The number of benzene rings is 1. The van der Waals surface area contributed by atoms with Crippen molar-refractivity contribution in [3.05, 3.63) is 41.3 Å². The molecule has 1 heterocycles. The molecular weight excluding hydrogens is 222 g/mol. The van der Waals surface area contributed by atoms with E-state index in [0.717, 1.165) is 24.4 Å². The lowest BCUT2D eigenvalue weighted by atomic mass is 10.0. The van der Waals surface area contributed by atoms with Crippen molar-refractivity contribution in [2.75, 3.05) is 6.54 Å². The van der Waals surface area contributed by atoms with Crippen LogP contribution >= 0.6 is 0 Å². The van der Waals surface area contributed by atoms with Gasteiger partial charge in [-0.2, -0.15) is 0 Å². The SMILES string of the molecule is Cc1ccc(-c2cnc(C3(CN)CC3)[nH]2)c(C)c1. The molecule has 1 fully saturated rings. The maximum absolute atomic E-state index is 5.84. The van der Waals surface area contributed by atoms with Crippen molar-refractivity contribution in [1.29, 1.82) is 0 Å². The minimum atomic E-state index is 0.136. The number of nitrogens with one attached hydrogen (secondary N) is 1. The Bertz CT molecular complexity index is 579. The normalized spacial score (nSPS) is 16.8. The summed E-state index contributed by atoms with van der Waals surface area (Å²) in [5.74, 6) is 1.06. The van der Waals surface area contributed by atoms with Gasteiger partial charge in [-0.05, 0) is 32.3 Å². The van der Waals surface area contributed by atoms with Crippen molar-refractivity contribution in [2.45, 2.75) is 32.1 Å². The first-order valence-corrected chi connectivity index (χ1v) is 6.48. The number of hydrogen-bond acceptors (Lipinski definition) is 2. The summed E-state index contributed by atoms with van der Waals surface area (Å²) in [5, 5.41) is 0. The molecular formula is C15H19N3. The van der Waals surface area contributed by atoms with Crippen LogP contribution in [0.25, 0.3) is 11.3 Å². The van der Waals surface area contributed by atoms with Crippen LogP contribution < -0.4 is 5.73 Å². The van der Waals surface area contributed by atoms with Gasteiger partial charge in [-0.1, -0.05) is 23.8 Å². The third-order valence-corrected chi connectivity index (χ3v) is 3.99. The van der Waals surface area contributed by atoms with E-state index in [1.165, 1.54) is 16.7 Å². The molecule has 0 unspecified atom stereocenters. The van der Waals surface area contributed by atoms with E-state index in [0.29, 0.717) is 6.54 Å². The highest BCUT2D eigenvalue weighted by Crippen LogP contribution is 2.46. The summed E-state index contributed by atoms with van der Waals surface area (Å²) in [5.41, 5.74) is 10.9. The zero-order chi connectivity index (χ0) is 12.8. The van der Waals surface area contributed by atoms with Gasteiger partial charge in [0.1, 0.15) is 5.82 Å². The van der Waals surface area contributed by atoms with Gasteiger partial charge in [0.2, 0.25) is 0 Å². The van der Waals surface area contributed by atoms with Crippen LogP contribution in [-0.2, 0) is 5.41 Å². The largest absolute Gasteiger partial charge is 0.341 e. The summed E-state index contributed by atoms with van der Waals surface area (Å²) >= 11 is 0. The average Bonchev–Trinajstić information content (AvgIpc) is 3.00. The molecule has 3 heteroatoms. The molecule has 0 radical (unpaired) electrons.